The van der Waals surface area contributed by atoms with E-state index in [0.29, 0.717) is 12.3 Å². The average Bonchev–Trinajstić information content (AvgIpc) is 3.07. The average molecular weight is 394 g/mol. The van der Waals surface area contributed by atoms with Crippen LogP contribution in [0.5, 0.6) is 0 Å². The summed E-state index contributed by atoms with van der Waals surface area (Å²) in [7, 11) is 0. The molecule has 1 aromatic heterocycles. The molecule has 1 saturated heterocycles. The zero-order valence-corrected chi connectivity index (χ0v) is 18.3. The summed E-state index contributed by atoms with van der Waals surface area (Å²) in [5, 5.41) is 14.7. The van der Waals surface area contributed by atoms with Gasteiger partial charge in [-0.05, 0) is 31.4 Å². The summed E-state index contributed by atoms with van der Waals surface area (Å²) in [6.07, 6.45) is 10.8. The zero-order valence-electron chi connectivity index (χ0n) is 18.3. The molecule has 0 bridgehead atoms. The van der Waals surface area contributed by atoms with Crippen molar-refractivity contribution in [1.82, 2.24) is 9.78 Å². The maximum atomic E-state index is 11.4. The van der Waals surface area contributed by atoms with E-state index in [1.807, 2.05) is 37.6 Å². The number of nitrogens with two attached hydrogens (primary N) is 1. The highest BCUT2D eigenvalue weighted by Gasteiger charge is 2.23. The Balaban J connectivity index is 0.00000145. The lowest BCUT2D eigenvalue weighted by Crippen LogP contribution is -2.19. The summed E-state index contributed by atoms with van der Waals surface area (Å²) in [6.45, 7) is 7.19. The molecule has 0 saturated carbocycles. The molecule has 3 rings (SSSR count). The van der Waals surface area contributed by atoms with Gasteiger partial charge in [0.1, 0.15) is 0 Å². The van der Waals surface area contributed by atoms with Gasteiger partial charge in [0.05, 0.1) is 11.2 Å². The van der Waals surface area contributed by atoms with Gasteiger partial charge < -0.3 is 5.73 Å². The first-order chi connectivity index (χ1) is 14.1. The highest BCUT2D eigenvalue weighted by Crippen LogP contribution is 2.29. The molecule has 6 heteroatoms. The van der Waals surface area contributed by atoms with Crippen LogP contribution >= 0.6 is 0 Å². The predicted molar refractivity (Wildman–Crippen MR) is 121 cm³/mol. The molecule has 1 fully saturated rings. The molecule has 0 aliphatic carbocycles. The van der Waals surface area contributed by atoms with E-state index in [1.54, 1.807) is 6.07 Å². The van der Waals surface area contributed by atoms with Gasteiger partial charge in [0.2, 0.25) is 5.91 Å². The van der Waals surface area contributed by atoms with Crippen LogP contribution in [0.3, 0.4) is 0 Å². The molecular formula is C23H35BN4O. The minimum Gasteiger partial charge on any atom is -0.366 e. The molecule has 1 aliphatic rings. The van der Waals surface area contributed by atoms with Crippen LogP contribution in [0.4, 0.5) is 0 Å². The van der Waals surface area contributed by atoms with Gasteiger partial charge in [-0.25, -0.2) is 5.26 Å². The van der Waals surface area contributed by atoms with Gasteiger partial charge in [-0.15, -0.1) is 0 Å². The summed E-state index contributed by atoms with van der Waals surface area (Å²) in [5.41, 5.74) is 7.94. The summed E-state index contributed by atoms with van der Waals surface area (Å²) in [6, 6.07) is 5.57. The fourth-order valence-corrected chi connectivity index (χ4v) is 4.29. The Labute approximate surface area is 175 Å². The Hall–Kier alpha value is -2.29. The van der Waals surface area contributed by atoms with Gasteiger partial charge in [-0.2, -0.15) is 5.10 Å². The van der Waals surface area contributed by atoms with Gasteiger partial charge in [0.15, 0.2) is 0 Å². The van der Waals surface area contributed by atoms with E-state index in [-0.39, 0.29) is 0 Å². The number of rotatable bonds is 8. The molecule has 0 radical (unpaired) electrons. The van der Waals surface area contributed by atoms with E-state index in [9.17, 15) is 4.79 Å². The molecule has 1 amide bonds. The standard InChI is InChI=1S/C21H29BN4O.C2H6/c1-16-19-8-7-18(21(24)27)14-20(19)26(25-16)13-5-3-2-4-6-17-9-11-22(15-23)12-10-17;1-2/h7-8,14,17H,2-6,9-13H2,1H3,(H2,24,27);1-2H3. The minimum atomic E-state index is -0.397. The molecule has 29 heavy (non-hydrogen) atoms. The highest BCUT2D eigenvalue weighted by molar-refractivity contribution is 6.67. The molecule has 0 spiro atoms. The Kier molecular flexibility index (Phi) is 9.24. The highest BCUT2D eigenvalue weighted by atomic mass is 16.1. The number of amides is 1. The van der Waals surface area contributed by atoms with Crippen LogP contribution < -0.4 is 5.73 Å². The lowest BCUT2D eigenvalue weighted by molar-refractivity contribution is 0.100. The maximum Gasteiger partial charge on any atom is 0.267 e. The number of nitrogens with zero attached hydrogens (tertiary/aromatic N) is 3. The van der Waals surface area contributed by atoms with Gasteiger partial charge in [0, 0.05) is 23.5 Å². The van der Waals surface area contributed by atoms with Crippen LogP contribution in [0, 0.1) is 24.1 Å². The van der Waals surface area contributed by atoms with E-state index in [2.05, 4.69) is 11.1 Å². The number of primary amides is 1. The Morgan fingerprint density at radius 2 is 1.93 bits per heavy atom. The maximum absolute atomic E-state index is 11.4. The third-order valence-corrected chi connectivity index (χ3v) is 5.98. The molecule has 2 heterocycles. The predicted octanol–water partition coefficient (Wildman–Crippen LogP) is 5.39. The number of aryl methyl sites for hydroxylation is 2. The number of carbonyl (C=O) groups is 1. The van der Waals surface area contributed by atoms with E-state index in [1.165, 1.54) is 38.5 Å². The number of unbranched alkanes of at least 4 members (excludes halogenated alkanes) is 3. The normalized spacial score (nSPS) is 14.3. The van der Waals surface area contributed by atoms with Crippen molar-refractivity contribution in [1.29, 1.82) is 5.26 Å². The van der Waals surface area contributed by atoms with Gasteiger partial charge in [-0.3, -0.25) is 9.48 Å². The van der Waals surface area contributed by atoms with Crippen molar-refractivity contribution in [3.63, 3.8) is 0 Å². The molecule has 0 unspecified atom stereocenters. The topological polar surface area (TPSA) is 84.7 Å². The van der Waals surface area contributed by atoms with Gasteiger partial charge >= 0.3 is 0 Å². The molecule has 2 aromatic rings. The van der Waals surface area contributed by atoms with Crippen molar-refractivity contribution in [3.8, 4) is 5.97 Å². The molecule has 5 nitrogen and oxygen atoms in total. The second kappa shape index (κ2) is 11.7. The zero-order chi connectivity index (χ0) is 21.2. The van der Waals surface area contributed by atoms with Crippen LogP contribution in [-0.4, -0.2) is 22.4 Å². The third-order valence-electron chi connectivity index (χ3n) is 5.98. The Morgan fingerprint density at radius 1 is 1.24 bits per heavy atom. The minimum absolute atomic E-state index is 0.309. The van der Waals surface area contributed by atoms with Gasteiger partial charge in [0.25, 0.3) is 6.71 Å². The van der Waals surface area contributed by atoms with Crippen LogP contribution in [0.25, 0.3) is 10.9 Å². The fraction of sp³-hybridized carbons (Fsp3) is 0.609. The number of carbonyl (C=O) groups excluding carboxylic acids is 1. The van der Waals surface area contributed by atoms with E-state index >= 15 is 0 Å². The molecule has 156 valence electrons. The summed E-state index contributed by atoms with van der Waals surface area (Å²) < 4.78 is 2.01. The first-order valence-corrected chi connectivity index (χ1v) is 11.2. The van der Waals surface area contributed by atoms with Crippen molar-refractivity contribution >= 4 is 23.5 Å². The lowest BCUT2D eigenvalue weighted by Gasteiger charge is -2.22. The van der Waals surface area contributed by atoms with E-state index < -0.39 is 5.91 Å². The first-order valence-electron chi connectivity index (χ1n) is 11.2. The van der Waals surface area contributed by atoms with Crippen molar-refractivity contribution < 1.29 is 4.79 Å². The van der Waals surface area contributed by atoms with Gasteiger partial charge in [-0.1, -0.05) is 71.1 Å². The smallest absolute Gasteiger partial charge is 0.267 e. The van der Waals surface area contributed by atoms with Crippen LogP contribution in [0.1, 0.15) is 74.8 Å². The lowest BCUT2D eigenvalue weighted by atomic mass is 9.41. The number of aromatic nitrogens is 2. The van der Waals surface area contributed by atoms with Crippen molar-refractivity contribution in [2.45, 2.75) is 84.9 Å². The van der Waals surface area contributed by atoms with Crippen molar-refractivity contribution in [3.05, 3.63) is 29.5 Å². The second-order valence-corrected chi connectivity index (χ2v) is 7.95. The van der Waals surface area contributed by atoms with Crippen molar-refractivity contribution in [2.75, 3.05) is 0 Å². The fourth-order valence-electron chi connectivity index (χ4n) is 4.29. The van der Waals surface area contributed by atoms with E-state index in [0.717, 1.165) is 48.1 Å². The molecule has 0 atom stereocenters. The summed E-state index contributed by atoms with van der Waals surface area (Å²) in [5.74, 6) is 2.85. The number of nitriles is 1. The Morgan fingerprint density at radius 3 is 2.59 bits per heavy atom. The second-order valence-electron chi connectivity index (χ2n) is 7.95. The number of hydrogen-bond acceptors (Lipinski definition) is 3. The SMILES string of the molecule is CC.Cc1nn(CCCCCCC2CCB(C#N)CC2)c2cc(C(N)=O)ccc12. The summed E-state index contributed by atoms with van der Waals surface area (Å²) >= 11 is 0. The van der Waals surface area contributed by atoms with Crippen LogP contribution in [0.15, 0.2) is 18.2 Å². The number of benzene rings is 1. The van der Waals surface area contributed by atoms with Crippen molar-refractivity contribution in [2.24, 2.45) is 11.7 Å². The monoisotopic (exact) mass is 394 g/mol. The molecular weight excluding hydrogens is 359 g/mol. The molecule has 1 aliphatic heterocycles. The largest absolute Gasteiger partial charge is 0.366 e. The van der Waals surface area contributed by atoms with E-state index in [4.69, 9.17) is 11.0 Å². The molecule has 2 N–H and O–H groups in total. The molecule has 1 aromatic carbocycles. The first kappa shape index (κ1) is 23.0. The summed E-state index contributed by atoms with van der Waals surface area (Å²) in [4.78, 5) is 11.4. The van der Waals surface area contributed by atoms with Crippen LogP contribution in [-0.2, 0) is 6.54 Å². The Bertz CT molecular complexity index is 831. The number of hydrogen-bond donors (Lipinski definition) is 1. The third kappa shape index (κ3) is 6.35. The quantitative estimate of drug-likeness (QED) is 0.481. The number of fused-ring (bicyclic) bond motifs is 1. The van der Waals surface area contributed by atoms with Crippen LogP contribution in [0.2, 0.25) is 12.6 Å².